The molecule has 5 nitrogen and oxygen atoms in total. The third-order valence-corrected chi connectivity index (χ3v) is 4.44. The smallest absolute Gasteiger partial charge is 0.275 e. The van der Waals surface area contributed by atoms with Crippen molar-refractivity contribution < 1.29 is 14.6 Å². The van der Waals surface area contributed by atoms with E-state index >= 15 is 0 Å². The highest BCUT2D eigenvalue weighted by atomic mass is 35.5. The zero-order valence-electron chi connectivity index (χ0n) is 13.3. The third kappa shape index (κ3) is 4.49. The number of aromatic nitrogens is 1. The molecule has 1 amide bonds. The highest BCUT2D eigenvalue weighted by Gasteiger charge is 2.13. The van der Waals surface area contributed by atoms with Crippen LogP contribution in [0.2, 0.25) is 5.02 Å². The van der Waals surface area contributed by atoms with Crippen molar-refractivity contribution in [2.75, 3.05) is 5.32 Å². The van der Waals surface area contributed by atoms with Gasteiger partial charge in [-0.3, -0.25) is 4.79 Å². The number of hydrogen-bond donors (Lipinski definition) is 2. The minimum Gasteiger partial charge on any atom is -0.506 e. The molecule has 0 aliphatic heterocycles. The van der Waals surface area contributed by atoms with Crippen molar-refractivity contribution in [3.8, 4) is 11.5 Å². The average molecular weight is 375 g/mol. The molecule has 3 rings (SSSR count). The second kappa shape index (κ2) is 7.55. The van der Waals surface area contributed by atoms with Crippen LogP contribution in [0, 0.1) is 6.92 Å². The van der Waals surface area contributed by atoms with Crippen LogP contribution in [0.25, 0.3) is 0 Å². The van der Waals surface area contributed by atoms with Gasteiger partial charge in [0.15, 0.2) is 0 Å². The van der Waals surface area contributed by atoms with E-state index in [0.717, 1.165) is 5.56 Å². The van der Waals surface area contributed by atoms with E-state index in [1.54, 1.807) is 41.8 Å². The second-order valence-electron chi connectivity index (χ2n) is 5.34. The van der Waals surface area contributed by atoms with Crippen molar-refractivity contribution in [1.82, 2.24) is 4.98 Å². The van der Waals surface area contributed by atoms with E-state index in [4.69, 9.17) is 16.3 Å². The van der Waals surface area contributed by atoms with Gasteiger partial charge in [0, 0.05) is 10.4 Å². The number of amides is 1. The molecule has 0 aliphatic rings. The zero-order valence-corrected chi connectivity index (χ0v) is 14.9. The highest BCUT2D eigenvalue weighted by molar-refractivity contribution is 7.09. The Morgan fingerprint density at radius 3 is 2.76 bits per heavy atom. The number of ether oxygens (including phenoxy) is 1. The number of carbonyl (C=O) groups excluding carboxylic acids is 1. The number of aryl methyl sites for hydroxylation is 1. The van der Waals surface area contributed by atoms with E-state index in [2.05, 4.69) is 10.3 Å². The molecule has 0 radical (unpaired) electrons. The summed E-state index contributed by atoms with van der Waals surface area (Å²) in [4.78, 5) is 16.5. The number of nitrogens with zero attached hydrogens (tertiary/aromatic N) is 1. The van der Waals surface area contributed by atoms with Gasteiger partial charge in [-0.05, 0) is 48.9 Å². The Balaban J connectivity index is 1.62. The predicted octanol–water partition coefficient (Wildman–Crippen LogP) is 4.64. The van der Waals surface area contributed by atoms with Gasteiger partial charge in [0.25, 0.3) is 5.91 Å². The Bertz CT molecular complexity index is 894. The van der Waals surface area contributed by atoms with E-state index in [-0.39, 0.29) is 24.0 Å². The summed E-state index contributed by atoms with van der Waals surface area (Å²) >= 11 is 7.16. The van der Waals surface area contributed by atoms with Gasteiger partial charge in [-0.2, -0.15) is 0 Å². The summed E-state index contributed by atoms with van der Waals surface area (Å²) in [6, 6.07) is 12.1. The first-order valence-corrected chi connectivity index (χ1v) is 8.71. The van der Waals surface area contributed by atoms with Crippen LogP contribution in [-0.4, -0.2) is 16.0 Å². The van der Waals surface area contributed by atoms with Crippen molar-refractivity contribution in [2.45, 2.75) is 13.5 Å². The minimum absolute atomic E-state index is 0.0230. The molecule has 25 heavy (non-hydrogen) atoms. The normalized spacial score (nSPS) is 10.5. The van der Waals surface area contributed by atoms with Gasteiger partial charge >= 0.3 is 0 Å². The van der Waals surface area contributed by atoms with Gasteiger partial charge in [0.05, 0.1) is 5.69 Å². The molecule has 0 saturated carbocycles. The van der Waals surface area contributed by atoms with Crippen molar-refractivity contribution in [2.24, 2.45) is 0 Å². The Hall–Kier alpha value is -2.57. The zero-order chi connectivity index (χ0) is 17.8. The van der Waals surface area contributed by atoms with Crippen LogP contribution in [-0.2, 0) is 6.61 Å². The molecule has 128 valence electrons. The predicted molar refractivity (Wildman–Crippen MR) is 98.7 cm³/mol. The van der Waals surface area contributed by atoms with Gasteiger partial charge in [-0.25, -0.2) is 4.98 Å². The van der Waals surface area contributed by atoms with E-state index in [0.29, 0.717) is 21.5 Å². The number of benzene rings is 2. The highest BCUT2D eigenvalue weighted by Crippen LogP contribution is 2.25. The molecule has 1 heterocycles. The van der Waals surface area contributed by atoms with E-state index < -0.39 is 0 Å². The number of aromatic hydroxyl groups is 1. The Kier molecular flexibility index (Phi) is 5.21. The molecular weight excluding hydrogens is 360 g/mol. The first-order chi connectivity index (χ1) is 12.0. The maximum atomic E-state index is 12.2. The van der Waals surface area contributed by atoms with Crippen molar-refractivity contribution in [3.63, 3.8) is 0 Å². The van der Waals surface area contributed by atoms with Gasteiger partial charge in [-0.1, -0.05) is 17.7 Å². The number of thiazole rings is 1. The molecule has 1 aromatic heterocycles. The van der Waals surface area contributed by atoms with Crippen molar-refractivity contribution >= 4 is 34.5 Å². The second-order valence-corrected chi connectivity index (χ2v) is 6.72. The van der Waals surface area contributed by atoms with Gasteiger partial charge in [0.1, 0.15) is 28.8 Å². The fourth-order valence-corrected chi connectivity index (χ4v) is 2.90. The summed E-state index contributed by atoms with van der Waals surface area (Å²) in [5.74, 6) is 0.318. The number of halogens is 1. The van der Waals surface area contributed by atoms with Crippen LogP contribution in [0.4, 0.5) is 5.69 Å². The summed E-state index contributed by atoms with van der Waals surface area (Å²) in [7, 11) is 0. The molecular formula is C18H15ClN2O3S. The molecule has 0 atom stereocenters. The monoisotopic (exact) mass is 374 g/mol. The summed E-state index contributed by atoms with van der Waals surface area (Å²) in [6.07, 6.45) is 0. The maximum absolute atomic E-state index is 12.2. The molecule has 0 saturated heterocycles. The Labute approximate surface area is 153 Å². The largest absolute Gasteiger partial charge is 0.506 e. The average Bonchev–Trinajstić information content (AvgIpc) is 3.06. The molecule has 0 unspecified atom stereocenters. The number of hydrogen-bond acceptors (Lipinski definition) is 5. The van der Waals surface area contributed by atoms with Crippen LogP contribution in [0.15, 0.2) is 47.8 Å². The first-order valence-electron chi connectivity index (χ1n) is 7.45. The van der Waals surface area contributed by atoms with Gasteiger partial charge < -0.3 is 15.2 Å². The lowest BCUT2D eigenvalue weighted by Crippen LogP contribution is -2.12. The number of carbonyl (C=O) groups is 1. The Morgan fingerprint density at radius 2 is 2.04 bits per heavy atom. The SMILES string of the molecule is Cc1ccc(NC(=O)c2csc(COc3ccc(Cl)cc3)n2)c(O)c1. The van der Waals surface area contributed by atoms with Crippen molar-refractivity contribution in [1.29, 1.82) is 0 Å². The molecule has 3 aromatic rings. The minimum atomic E-state index is -0.381. The fraction of sp³-hybridized carbons (Fsp3) is 0.111. The number of nitrogens with one attached hydrogen (secondary N) is 1. The van der Waals surface area contributed by atoms with Crippen LogP contribution in [0.1, 0.15) is 21.1 Å². The molecule has 0 bridgehead atoms. The van der Waals surface area contributed by atoms with E-state index in [9.17, 15) is 9.90 Å². The lowest BCUT2D eigenvalue weighted by Gasteiger charge is -2.06. The fourth-order valence-electron chi connectivity index (χ4n) is 2.09. The van der Waals surface area contributed by atoms with Crippen LogP contribution < -0.4 is 10.1 Å². The molecule has 0 aliphatic carbocycles. The van der Waals surface area contributed by atoms with Crippen molar-refractivity contribution in [3.05, 3.63) is 69.1 Å². The Morgan fingerprint density at radius 1 is 1.28 bits per heavy atom. The summed E-state index contributed by atoms with van der Waals surface area (Å²) in [5.41, 5.74) is 1.54. The third-order valence-electron chi connectivity index (χ3n) is 3.36. The van der Waals surface area contributed by atoms with Gasteiger partial charge in [-0.15, -0.1) is 11.3 Å². The lowest BCUT2D eigenvalue weighted by atomic mass is 10.2. The molecule has 2 N–H and O–H groups in total. The first kappa shape index (κ1) is 17.3. The number of phenolic OH excluding ortho intramolecular Hbond substituents is 1. The molecule has 0 spiro atoms. The van der Waals surface area contributed by atoms with Crippen LogP contribution >= 0.6 is 22.9 Å². The number of rotatable bonds is 5. The molecule has 0 fully saturated rings. The van der Waals surface area contributed by atoms with Crippen LogP contribution in [0.5, 0.6) is 11.5 Å². The van der Waals surface area contributed by atoms with Crippen LogP contribution in [0.3, 0.4) is 0 Å². The van der Waals surface area contributed by atoms with E-state index in [1.807, 2.05) is 13.0 Å². The summed E-state index contributed by atoms with van der Waals surface area (Å²) < 4.78 is 5.61. The summed E-state index contributed by atoms with van der Waals surface area (Å²) in [6.45, 7) is 2.12. The molecule has 7 heteroatoms. The standard InChI is InChI=1S/C18H15ClN2O3S/c1-11-2-7-14(16(22)8-11)21-18(23)15-10-25-17(20-15)9-24-13-5-3-12(19)4-6-13/h2-8,10,22H,9H2,1H3,(H,21,23). The lowest BCUT2D eigenvalue weighted by molar-refractivity contribution is 0.102. The number of anilines is 1. The van der Waals surface area contributed by atoms with Gasteiger partial charge in [0.2, 0.25) is 0 Å². The quantitative estimate of drug-likeness (QED) is 0.638. The maximum Gasteiger partial charge on any atom is 0.275 e. The number of phenols is 1. The topological polar surface area (TPSA) is 71.5 Å². The summed E-state index contributed by atoms with van der Waals surface area (Å²) in [5, 5.41) is 15.5. The van der Waals surface area contributed by atoms with E-state index in [1.165, 1.54) is 11.3 Å². The molecule has 2 aromatic carbocycles.